The Hall–Kier alpha value is -0.760. The number of fused-ring (bicyclic) bond motifs is 1. The van der Waals surface area contributed by atoms with Gasteiger partial charge in [0.1, 0.15) is 0 Å². The fourth-order valence-corrected chi connectivity index (χ4v) is 2.09. The molecular weight excluding hydrogens is 226 g/mol. The predicted molar refractivity (Wildman–Crippen MR) is 60.0 cm³/mol. The Kier molecular flexibility index (Phi) is 2.16. The van der Waals surface area contributed by atoms with Crippen LogP contribution in [-0.4, -0.2) is 4.57 Å². The van der Waals surface area contributed by atoms with Gasteiger partial charge in [0.05, 0.1) is 0 Å². The lowest BCUT2D eigenvalue weighted by Gasteiger charge is -2.08. The lowest BCUT2D eigenvalue weighted by molar-refractivity contribution is 0.623. The van der Waals surface area contributed by atoms with Crippen LogP contribution < -0.4 is 0 Å². The molecule has 0 spiro atoms. The van der Waals surface area contributed by atoms with Gasteiger partial charge < -0.3 is 4.57 Å². The van der Waals surface area contributed by atoms with Crippen LogP contribution in [0.4, 0.5) is 0 Å². The van der Waals surface area contributed by atoms with Crippen molar-refractivity contribution < 1.29 is 0 Å². The number of nitrogens with zero attached hydrogens (tertiary/aromatic N) is 1. The molecular formula is C11H12BrN. The van der Waals surface area contributed by atoms with Gasteiger partial charge in [-0.15, -0.1) is 0 Å². The summed E-state index contributed by atoms with van der Waals surface area (Å²) in [4.78, 5) is 0. The highest BCUT2D eigenvalue weighted by Gasteiger charge is 2.04. The zero-order valence-electron chi connectivity index (χ0n) is 7.79. The molecule has 0 N–H and O–H groups in total. The molecule has 0 bridgehead atoms. The minimum Gasteiger partial charge on any atom is -0.345 e. The zero-order chi connectivity index (χ0) is 9.42. The Morgan fingerprint density at radius 3 is 2.69 bits per heavy atom. The highest BCUT2D eigenvalue weighted by Crippen LogP contribution is 2.26. The van der Waals surface area contributed by atoms with Crippen LogP contribution in [0.25, 0.3) is 10.9 Å². The van der Waals surface area contributed by atoms with Crippen molar-refractivity contribution in [3.05, 3.63) is 34.9 Å². The summed E-state index contributed by atoms with van der Waals surface area (Å²) in [6.45, 7) is 4.39. The maximum absolute atomic E-state index is 3.55. The van der Waals surface area contributed by atoms with E-state index in [1.807, 2.05) is 0 Å². The number of hydrogen-bond acceptors (Lipinski definition) is 0. The van der Waals surface area contributed by atoms with Crippen molar-refractivity contribution in [2.75, 3.05) is 0 Å². The quantitative estimate of drug-likeness (QED) is 0.708. The van der Waals surface area contributed by atoms with Gasteiger partial charge in [-0.1, -0.05) is 22.0 Å². The summed E-state index contributed by atoms with van der Waals surface area (Å²) in [5.41, 5.74) is 1.30. The van der Waals surface area contributed by atoms with E-state index in [2.05, 4.69) is 64.8 Å². The van der Waals surface area contributed by atoms with Crippen molar-refractivity contribution in [3.63, 3.8) is 0 Å². The molecule has 0 saturated heterocycles. The third-order valence-corrected chi connectivity index (χ3v) is 2.96. The minimum atomic E-state index is 0.520. The number of hydrogen-bond donors (Lipinski definition) is 0. The van der Waals surface area contributed by atoms with Gasteiger partial charge in [0.15, 0.2) is 0 Å². The van der Waals surface area contributed by atoms with E-state index in [1.54, 1.807) is 0 Å². The molecule has 1 heterocycles. The molecule has 1 aromatic carbocycles. The maximum Gasteiger partial charge on any atom is 0.0494 e. The van der Waals surface area contributed by atoms with Gasteiger partial charge >= 0.3 is 0 Å². The topological polar surface area (TPSA) is 4.93 Å². The first kappa shape index (κ1) is 8.82. The van der Waals surface area contributed by atoms with Crippen LogP contribution in [0, 0.1) is 0 Å². The highest BCUT2D eigenvalue weighted by molar-refractivity contribution is 9.10. The number of rotatable bonds is 1. The molecule has 0 unspecified atom stereocenters. The fraction of sp³-hybridized carbons (Fsp3) is 0.273. The summed E-state index contributed by atoms with van der Waals surface area (Å²) in [6.07, 6.45) is 2.14. The summed E-state index contributed by atoms with van der Waals surface area (Å²) >= 11 is 3.55. The van der Waals surface area contributed by atoms with Crippen molar-refractivity contribution in [1.82, 2.24) is 4.57 Å². The molecule has 13 heavy (non-hydrogen) atoms. The van der Waals surface area contributed by atoms with Crippen LogP contribution in [0.5, 0.6) is 0 Å². The summed E-state index contributed by atoms with van der Waals surface area (Å²) in [6, 6.07) is 8.98. The number of aromatic nitrogens is 1. The van der Waals surface area contributed by atoms with E-state index >= 15 is 0 Å². The van der Waals surface area contributed by atoms with E-state index < -0.39 is 0 Å². The standard InChI is InChI=1S/C11H12BrN/c1-8(2)13-7-6-9-10(12)4-3-5-11(9)13/h3-8H,1-2H3. The van der Waals surface area contributed by atoms with Crippen LogP contribution in [0.3, 0.4) is 0 Å². The molecule has 0 radical (unpaired) electrons. The lowest BCUT2D eigenvalue weighted by atomic mass is 10.2. The second-order valence-corrected chi connectivity index (χ2v) is 4.34. The third-order valence-electron chi connectivity index (χ3n) is 2.27. The Morgan fingerprint density at radius 1 is 1.23 bits per heavy atom. The molecule has 1 aromatic heterocycles. The summed E-state index contributed by atoms with van der Waals surface area (Å²) in [5, 5.41) is 1.29. The molecule has 0 aliphatic rings. The second-order valence-electron chi connectivity index (χ2n) is 3.49. The van der Waals surface area contributed by atoms with Crippen LogP contribution in [0.2, 0.25) is 0 Å². The van der Waals surface area contributed by atoms with Crippen LogP contribution in [0.1, 0.15) is 19.9 Å². The molecule has 0 atom stereocenters. The van der Waals surface area contributed by atoms with E-state index in [1.165, 1.54) is 15.4 Å². The molecule has 0 amide bonds. The van der Waals surface area contributed by atoms with Crippen molar-refractivity contribution in [1.29, 1.82) is 0 Å². The van der Waals surface area contributed by atoms with Gasteiger partial charge in [-0.25, -0.2) is 0 Å². The third kappa shape index (κ3) is 1.39. The minimum absolute atomic E-state index is 0.520. The van der Waals surface area contributed by atoms with E-state index in [-0.39, 0.29) is 0 Å². The Morgan fingerprint density at radius 2 is 2.00 bits per heavy atom. The van der Waals surface area contributed by atoms with Gasteiger partial charge in [0.2, 0.25) is 0 Å². The van der Waals surface area contributed by atoms with Gasteiger partial charge in [0, 0.05) is 27.6 Å². The molecule has 1 nitrogen and oxygen atoms in total. The van der Waals surface area contributed by atoms with E-state index in [9.17, 15) is 0 Å². The van der Waals surface area contributed by atoms with Crippen LogP contribution in [0.15, 0.2) is 34.9 Å². The smallest absolute Gasteiger partial charge is 0.0494 e. The Bertz CT molecular complexity index is 429. The van der Waals surface area contributed by atoms with Crippen molar-refractivity contribution in [2.45, 2.75) is 19.9 Å². The normalized spacial score (nSPS) is 11.4. The van der Waals surface area contributed by atoms with Crippen molar-refractivity contribution >= 4 is 26.8 Å². The number of benzene rings is 1. The van der Waals surface area contributed by atoms with E-state index in [4.69, 9.17) is 0 Å². The van der Waals surface area contributed by atoms with Gasteiger partial charge in [-0.05, 0) is 32.0 Å². The van der Waals surface area contributed by atoms with E-state index in [0.29, 0.717) is 6.04 Å². The highest BCUT2D eigenvalue weighted by atomic mass is 79.9. The van der Waals surface area contributed by atoms with Crippen molar-refractivity contribution in [2.24, 2.45) is 0 Å². The first-order valence-electron chi connectivity index (χ1n) is 4.45. The molecule has 2 rings (SSSR count). The summed E-state index contributed by atoms with van der Waals surface area (Å²) < 4.78 is 3.45. The molecule has 2 aromatic rings. The predicted octanol–water partition coefficient (Wildman–Crippen LogP) is 3.98. The average Bonchev–Trinajstić information content (AvgIpc) is 2.48. The molecule has 0 aliphatic carbocycles. The second kappa shape index (κ2) is 3.18. The maximum atomic E-state index is 3.55. The fourth-order valence-electron chi connectivity index (χ4n) is 1.60. The zero-order valence-corrected chi connectivity index (χ0v) is 9.38. The molecule has 2 heteroatoms. The number of halogens is 1. The van der Waals surface area contributed by atoms with Crippen LogP contribution in [-0.2, 0) is 0 Å². The molecule has 0 fully saturated rings. The Labute approximate surface area is 86.5 Å². The summed E-state index contributed by atoms with van der Waals surface area (Å²) in [5.74, 6) is 0. The first-order chi connectivity index (χ1) is 6.20. The van der Waals surface area contributed by atoms with Crippen LogP contribution >= 0.6 is 15.9 Å². The van der Waals surface area contributed by atoms with Gasteiger partial charge in [-0.3, -0.25) is 0 Å². The van der Waals surface area contributed by atoms with E-state index in [0.717, 1.165) is 0 Å². The lowest BCUT2D eigenvalue weighted by Crippen LogP contribution is -1.97. The molecule has 68 valence electrons. The monoisotopic (exact) mass is 237 g/mol. The molecule has 0 aliphatic heterocycles. The summed E-state index contributed by atoms with van der Waals surface area (Å²) in [7, 11) is 0. The van der Waals surface area contributed by atoms with Gasteiger partial charge in [0.25, 0.3) is 0 Å². The SMILES string of the molecule is CC(C)n1ccc2c(Br)cccc21. The Balaban J connectivity index is 2.75. The molecule has 0 saturated carbocycles. The van der Waals surface area contributed by atoms with Crippen molar-refractivity contribution in [3.8, 4) is 0 Å². The average molecular weight is 238 g/mol. The first-order valence-corrected chi connectivity index (χ1v) is 5.24. The van der Waals surface area contributed by atoms with Gasteiger partial charge in [-0.2, -0.15) is 0 Å². The largest absolute Gasteiger partial charge is 0.345 e.